The molecule has 0 N–H and O–H groups in total. The lowest BCUT2D eigenvalue weighted by molar-refractivity contribution is 0.0724. The van der Waals surface area contributed by atoms with E-state index in [4.69, 9.17) is 38.4 Å². The average molecular weight is 1210 g/mol. The maximum atomic E-state index is 13.7. The minimum Gasteiger partial charge on any atom is -0.493 e. The summed E-state index contributed by atoms with van der Waals surface area (Å²) in [5.41, 5.74) is 4.42. The van der Waals surface area contributed by atoms with Crippen molar-refractivity contribution in [3.8, 4) is 55.6 Å². The van der Waals surface area contributed by atoms with E-state index in [1.807, 2.05) is 60.7 Å². The Hall–Kier alpha value is -5.98. The summed E-state index contributed by atoms with van der Waals surface area (Å²) in [7, 11) is 0. The topological polar surface area (TPSA) is 115 Å². The van der Waals surface area contributed by atoms with Crippen molar-refractivity contribution in [2.75, 3.05) is 26.4 Å². The predicted molar refractivity (Wildman–Crippen MR) is 359 cm³/mol. The number of fused-ring (bicyclic) bond motifs is 2. The first-order valence-corrected chi connectivity index (χ1v) is 35.1. The molecular formula is C74H100N2O8S2. The maximum absolute atomic E-state index is 13.7. The number of unbranched alkanes of at least 4 members (excludes halogenated alkanes) is 28. The lowest BCUT2D eigenvalue weighted by atomic mass is 10.1. The van der Waals surface area contributed by atoms with E-state index in [9.17, 15) is 9.59 Å². The van der Waals surface area contributed by atoms with Gasteiger partial charge in [0, 0.05) is 23.3 Å². The van der Waals surface area contributed by atoms with Crippen LogP contribution in [0.15, 0.2) is 97.1 Å². The van der Waals surface area contributed by atoms with Crippen LogP contribution in [-0.4, -0.2) is 48.3 Å². The van der Waals surface area contributed by atoms with Crippen LogP contribution in [-0.2, 0) is 0 Å². The zero-order valence-electron chi connectivity index (χ0n) is 52.7. The van der Waals surface area contributed by atoms with Crippen LogP contribution in [0.1, 0.15) is 254 Å². The number of rotatable bonds is 46. The van der Waals surface area contributed by atoms with Crippen molar-refractivity contribution in [1.82, 2.24) is 9.97 Å². The number of benzene rings is 5. The molecule has 7 aromatic rings. The highest BCUT2D eigenvalue weighted by molar-refractivity contribution is 7.23. The first-order valence-electron chi connectivity index (χ1n) is 33.5. The Labute approximate surface area is 523 Å². The summed E-state index contributed by atoms with van der Waals surface area (Å²) >= 11 is 3.20. The smallest absolute Gasteiger partial charge is 0.343 e. The highest BCUT2D eigenvalue weighted by atomic mass is 32.1. The Morgan fingerprint density at radius 2 is 0.570 bits per heavy atom. The second kappa shape index (κ2) is 39.7. The minimum absolute atomic E-state index is 0.394. The van der Waals surface area contributed by atoms with E-state index >= 15 is 0 Å². The number of hydrogen-bond acceptors (Lipinski definition) is 12. The van der Waals surface area contributed by atoms with E-state index in [1.165, 1.54) is 154 Å². The van der Waals surface area contributed by atoms with Gasteiger partial charge in [-0.25, -0.2) is 19.6 Å². The van der Waals surface area contributed by atoms with Crippen LogP contribution in [0.2, 0.25) is 0 Å². The fourth-order valence-electron chi connectivity index (χ4n) is 10.7. The summed E-state index contributed by atoms with van der Waals surface area (Å²) in [6.07, 6.45) is 39.1. The summed E-state index contributed by atoms with van der Waals surface area (Å²) in [4.78, 5) is 37.5. The van der Waals surface area contributed by atoms with Crippen molar-refractivity contribution in [3.05, 3.63) is 108 Å². The van der Waals surface area contributed by atoms with Crippen molar-refractivity contribution in [3.63, 3.8) is 0 Å². The largest absolute Gasteiger partial charge is 0.493 e. The SMILES string of the molecule is CCCCCCCCCCOc1cc(OCCCCCCCCCC)cc(C(=O)Oc2ccc(-c3nc4cc5sc(-c6ccc(OC(=O)c7cc(OCCCCCCCCCC)cc(OCCCCCCCCCC)c7)cc6)nc5cc4s3)cc2)c1. The normalized spacial score (nSPS) is 11.4. The lowest BCUT2D eigenvalue weighted by Crippen LogP contribution is -2.10. The summed E-state index contributed by atoms with van der Waals surface area (Å²) < 4.78 is 38.8. The number of aromatic nitrogens is 2. The molecule has 466 valence electrons. The molecule has 10 nitrogen and oxygen atoms in total. The summed E-state index contributed by atoms with van der Waals surface area (Å²) in [5.74, 6) is 2.45. The molecule has 0 aliphatic carbocycles. The minimum atomic E-state index is -0.464. The Morgan fingerprint density at radius 3 is 0.837 bits per heavy atom. The predicted octanol–water partition coefficient (Wildman–Crippen LogP) is 22.8. The van der Waals surface area contributed by atoms with Gasteiger partial charge in [-0.3, -0.25) is 0 Å². The van der Waals surface area contributed by atoms with Gasteiger partial charge in [0.25, 0.3) is 0 Å². The van der Waals surface area contributed by atoms with Crippen LogP contribution in [0.4, 0.5) is 0 Å². The van der Waals surface area contributed by atoms with E-state index < -0.39 is 11.9 Å². The zero-order valence-corrected chi connectivity index (χ0v) is 54.3. The van der Waals surface area contributed by atoms with Gasteiger partial charge in [0.15, 0.2) is 0 Å². The molecule has 5 aromatic carbocycles. The van der Waals surface area contributed by atoms with Gasteiger partial charge in [0.2, 0.25) is 0 Å². The van der Waals surface area contributed by atoms with Gasteiger partial charge in [0.05, 0.1) is 58.0 Å². The van der Waals surface area contributed by atoms with Crippen LogP contribution in [0.5, 0.6) is 34.5 Å². The first-order chi connectivity index (χ1) is 42.3. The van der Waals surface area contributed by atoms with Gasteiger partial charge in [-0.05, 0) is 111 Å². The van der Waals surface area contributed by atoms with Crippen LogP contribution in [0, 0.1) is 0 Å². The molecule has 0 fully saturated rings. The van der Waals surface area contributed by atoms with Crippen LogP contribution >= 0.6 is 22.7 Å². The van der Waals surface area contributed by atoms with Crippen molar-refractivity contribution in [2.24, 2.45) is 0 Å². The molecule has 2 aromatic heterocycles. The van der Waals surface area contributed by atoms with Gasteiger partial charge in [-0.1, -0.05) is 207 Å². The van der Waals surface area contributed by atoms with Gasteiger partial charge >= 0.3 is 11.9 Å². The average Bonchev–Trinajstić information content (AvgIpc) is 2.38. The molecular weight excluding hydrogens is 1110 g/mol. The first kappa shape index (κ1) is 67.5. The number of ether oxygens (including phenoxy) is 6. The molecule has 0 aliphatic heterocycles. The molecule has 0 saturated carbocycles. The molecule has 0 amide bonds. The maximum Gasteiger partial charge on any atom is 0.343 e. The third kappa shape index (κ3) is 24.3. The fraction of sp³-hybridized carbons (Fsp3) is 0.541. The number of esters is 2. The van der Waals surface area contributed by atoms with Crippen LogP contribution < -0.4 is 28.4 Å². The third-order valence-corrected chi connectivity index (χ3v) is 18.0. The Morgan fingerprint density at radius 1 is 0.314 bits per heavy atom. The van der Waals surface area contributed by atoms with Crippen LogP contribution in [0.3, 0.4) is 0 Å². The summed E-state index contributed by atoms with van der Waals surface area (Å²) in [5, 5.41) is 1.72. The second-order valence-corrected chi connectivity index (χ2v) is 25.4. The molecule has 0 aliphatic rings. The van der Waals surface area contributed by atoms with E-state index in [0.29, 0.717) is 72.1 Å². The van der Waals surface area contributed by atoms with Crippen molar-refractivity contribution >= 4 is 55.0 Å². The van der Waals surface area contributed by atoms with Crippen molar-refractivity contribution < 1.29 is 38.0 Å². The van der Waals surface area contributed by atoms with Gasteiger partial charge in [-0.2, -0.15) is 0 Å². The quantitative estimate of drug-likeness (QED) is 0.0207. The Kier molecular flexibility index (Phi) is 31.2. The van der Waals surface area contributed by atoms with Gasteiger partial charge < -0.3 is 28.4 Å². The van der Waals surface area contributed by atoms with E-state index in [2.05, 4.69) is 39.8 Å². The van der Waals surface area contributed by atoms with E-state index in [-0.39, 0.29) is 0 Å². The van der Waals surface area contributed by atoms with Gasteiger partial charge in [-0.15, -0.1) is 22.7 Å². The monoisotopic (exact) mass is 1210 g/mol. The molecule has 12 heteroatoms. The standard InChI is InChI=1S/C74H100N2O8S2/c1-5-9-13-17-21-25-29-33-45-79-63-49-59(50-64(53-63)80-46-34-30-26-22-18-14-10-6-2)73(77)83-61-41-37-57(38-42-61)71-75-67-55-70-68(56-69(67)85-71)76-72(86-70)58-39-43-62(44-40-58)84-74(78)60-51-65(81-47-35-31-27-23-19-15-11-7-3)54-66(52-60)82-48-36-32-28-24-20-16-12-8-4/h37-44,49-56H,5-36,45-48H2,1-4H3. The number of thiazole rings is 2. The molecule has 0 unspecified atom stereocenters. The van der Waals surface area contributed by atoms with Crippen molar-refractivity contribution in [2.45, 2.75) is 233 Å². The number of nitrogens with zero attached hydrogens (tertiary/aromatic N) is 2. The molecule has 0 saturated heterocycles. The van der Waals surface area contributed by atoms with Crippen LogP contribution in [0.25, 0.3) is 41.6 Å². The molecule has 0 radical (unpaired) electrons. The molecule has 0 spiro atoms. The third-order valence-electron chi connectivity index (χ3n) is 15.8. The molecule has 0 atom stereocenters. The molecule has 0 bridgehead atoms. The highest BCUT2D eigenvalue weighted by Gasteiger charge is 2.18. The Balaban J connectivity index is 0.929. The fourth-order valence-corrected chi connectivity index (χ4v) is 12.6. The zero-order chi connectivity index (χ0) is 60.2. The second-order valence-electron chi connectivity index (χ2n) is 23.3. The van der Waals surface area contributed by atoms with E-state index in [0.717, 1.165) is 92.9 Å². The molecule has 7 rings (SSSR count). The van der Waals surface area contributed by atoms with Crippen molar-refractivity contribution in [1.29, 1.82) is 0 Å². The summed E-state index contributed by atoms with van der Waals surface area (Å²) in [6, 6.07) is 30.1. The molecule has 2 heterocycles. The van der Waals surface area contributed by atoms with Gasteiger partial charge in [0.1, 0.15) is 44.5 Å². The number of carbonyl (C=O) groups is 2. The number of hydrogen-bond donors (Lipinski definition) is 0. The highest BCUT2D eigenvalue weighted by Crippen LogP contribution is 2.38. The molecule has 86 heavy (non-hydrogen) atoms. The Bertz CT molecular complexity index is 2690. The van der Waals surface area contributed by atoms with E-state index in [1.54, 1.807) is 46.9 Å². The lowest BCUT2D eigenvalue weighted by Gasteiger charge is -2.13. The number of carbonyl (C=O) groups excluding carboxylic acids is 2. The summed E-state index contributed by atoms with van der Waals surface area (Å²) in [6.45, 7) is 11.4.